The predicted molar refractivity (Wildman–Crippen MR) is 67.5 cm³/mol. The Morgan fingerprint density at radius 1 is 1.53 bits per heavy atom. The van der Waals surface area contributed by atoms with Crippen LogP contribution in [0.5, 0.6) is 0 Å². The first kappa shape index (κ1) is 14.5. The van der Waals surface area contributed by atoms with Crippen molar-refractivity contribution < 1.29 is 8.42 Å². The maximum atomic E-state index is 12.0. The molecule has 17 heavy (non-hydrogen) atoms. The SMILES string of the molecule is CC(C)(C)C(CCCl)NS(=O)(=O)c1cn[nH]c1. The number of hydrogen-bond acceptors (Lipinski definition) is 3. The van der Waals surface area contributed by atoms with Gasteiger partial charge in [-0.05, 0) is 11.8 Å². The zero-order valence-corrected chi connectivity index (χ0v) is 11.8. The van der Waals surface area contributed by atoms with Crippen LogP contribution in [0.3, 0.4) is 0 Å². The summed E-state index contributed by atoms with van der Waals surface area (Å²) in [5.74, 6) is 0.413. The summed E-state index contributed by atoms with van der Waals surface area (Å²) in [4.78, 5) is 0.140. The highest BCUT2D eigenvalue weighted by Crippen LogP contribution is 2.24. The second-order valence-electron chi connectivity index (χ2n) is 4.95. The van der Waals surface area contributed by atoms with Crippen LogP contribution in [0.25, 0.3) is 0 Å². The molecule has 0 saturated carbocycles. The summed E-state index contributed by atoms with van der Waals surface area (Å²) < 4.78 is 26.7. The predicted octanol–water partition coefficient (Wildman–Crippen LogP) is 1.73. The number of alkyl halides is 1. The number of H-pyrrole nitrogens is 1. The minimum Gasteiger partial charge on any atom is -0.284 e. The normalized spacial score (nSPS) is 14.8. The van der Waals surface area contributed by atoms with Crippen molar-refractivity contribution in [1.29, 1.82) is 0 Å². The second kappa shape index (κ2) is 5.37. The first-order valence-electron chi connectivity index (χ1n) is 5.34. The smallest absolute Gasteiger partial charge is 0.243 e. The lowest BCUT2D eigenvalue weighted by atomic mass is 9.86. The van der Waals surface area contributed by atoms with Gasteiger partial charge in [-0.3, -0.25) is 5.10 Å². The van der Waals surface area contributed by atoms with E-state index in [1.165, 1.54) is 12.4 Å². The summed E-state index contributed by atoms with van der Waals surface area (Å²) in [6.45, 7) is 5.92. The highest BCUT2D eigenvalue weighted by atomic mass is 35.5. The Bertz CT molecular complexity index is 437. The molecular weight excluding hydrogens is 262 g/mol. The van der Waals surface area contributed by atoms with Crippen molar-refractivity contribution in [3.63, 3.8) is 0 Å². The standard InChI is InChI=1S/C10H18ClN3O2S/c1-10(2,3)9(4-5-11)14-17(15,16)8-6-12-13-7-8/h6-7,9,14H,4-5H2,1-3H3,(H,12,13). The molecule has 1 unspecified atom stereocenters. The molecule has 5 nitrogen and oxygen atoms in total. The third-order valence-electron chi connectivity index (χ3n) is 2.52. The monoisotopic (exact) mass is 279 g/mol. The van der Waals surface area contributed by atoms with Crippen LogP contribution in [-0.4, -0.2) is 30.5 Å². The van der Waals surface area contributed by atoms with E-state index in [2.05, 4.69) is 14.9 Å². The minimum atomic E-state index is -3.52. The van der Waals surface area contributed by atoms with E-state index < -0.39 is 10.0 Å². The number of halogens is 1. The highest BCUT2D eigenvalue weighted by Gasteiger charge is 2.29. The van der Waals surface area contributed by atoms with E-state index in [1.54, 1.807) is 0 Å². The van der Waals surface area contributed by atoms with Gasteiger partial charge < -0.3 is 0 Å². The molecule has 0 spiro atoms. The zero-order chi connectivity index (χ0) is 13.1. The molecule has 0 aliphatic heterocycles. The van der Waals surface area contributed by atoms with Gasteiger partial charge in [0.1, 0.15) is 4.90 Å². The average Bonchev–Trinajstić information content (AvgIpc) is 2.68. The topological polar surface area (TPSA) is 74.8 Å². The third-order valence-corrected chi connectivity index (χ3v) is 4.18. The van der Waals surface area contributed by atoms with Crippen molar-refractivity contribution in [3.8, 4) is 0 Å². The van der Waals surface area contributed by atoms with Gasteiger partial charge in [-0.2, -0.15) is 5.10 Å². The van der Waals surface area contributed by atoms with Crippen molar-refractivity contribution in [2.24, 2.45) is 5.41 Å². The largest absolute Gasteiger partial charge is 0.284 e. The maximum Gasteiger partial charge on any atom is 0.243 e. The van der Waals surface area contributed by atoms with E-state index in [0.29, 0.717) is 12.3 Å². The molecule has 0 aliphatic carbocycles. The first-order valence-corrected chi connectivity index (χ1v) is 7.36. The van der Waals surface area contributed by atoms with Gasteiger partial charge in [0.2, 0.25) is 10.0 Å². The van der Waals surface area contributed by atoms with Crippen LogP contribution in [-0.2, 0) is 10.0 Å². The van der Waals surface area contributed by atoms with Crippen molar-refractivity contribution in [2.45, 2.75) is 38.1 Å². The van der Waals surface area contributed by atoms with Crippen LogP contribution in [0, 0.1) is 5.41 Å². The van der Waals surface area contributed by atoms with E-state index in [4.69, 9.17) is 11.6 Å². The Kier molecular flexibility index (Phi) is 4.57. The summed E-state index contributed by atoms with van der Waals surface area (Å²) in [7, 11) is -3.52. The fourth-order valence-corrected chi connectivity index (χ4v) is 3.02. The molecule has 0 saturated heterocycles. The molecule has 2 N–H and O–H groups in total. The average molecular weight is 280 g/mol. The maximum absolute atomic E-state index is 12.0. The first-order chi connectivity index (χ1) is 7.77. The molecule has 0 amide bonds. The zero-order valence-electron chi connectivity index (χ0n) is 10.2. The Morgan fingerprint density at radius 2 is 2.18 bits per heavy atom. The van der Waals surface area contributed by atoms with Gasteiger partial charge in [0.05, 0.1) is 6.20 Å². The Labute approximate surface area is 107 Å². The Morgan fingerprint density at radius 3 is 2.59 bits per heavy atom. The quantitative estimate of drug-likeness (QED) is 0.806. The van der Waals surface area contributed by atoms with E-state index in [-0.39, 0.29) is 16.4 Å². The number of nitrogens with one attached hydrogen (secondary N) is 2. The Hall–Kier alpha value is -0.590. The molecule has 0 bridgehead atoms. The molecule has 1 heterocycles. The lowest BCUT2D eigenvalue weighted by molar-refractivity contribution is 0.292. The second-order valence-corrected chi connectivity index (χ2v) is 7.04. The van der Waals surface area contributed by atoms with Gasteiger partial charge in [0.15, 0.2) is 0 Å². The summed E-state index contributed by atoms with van der Waals surface area (Å²) in [5.41, 5.74) is -0.189. The van der Waals surface area contributed by atoms with Crippen LogP contribution in [0.2, 0.25) is 0 Å². The van der Waals surface area contributed by atoms with Gasteiger partial charge in [0.25, 0.3) is 0 Å². The Balaban J connectivity index is 2.88. The molecule has 0 aromatic carbocycles. The molecule has 1 aromatic rings. The van der Waals surface area contributed by atoms with Crippen molar-refractivity contribution in [2.75, 3.05) is 5.88 Å². The van der Waals surface area contributed by atoms with E-state index in [1.807, 2.05) is 20.8 Å². The third kappa shape index (κ3) is 3.97. The number of aromatic nitrogens is 2. The van der Waals surface area contributed by atoms with Crippen LogP contribution in [0.15, 0.2) is 17.3 Å². The van der Waals surface area contributed by atoms with Crippen molar-refractivity contribution >= 4 is 21.6 Å². The molecule has 1 aromatic heterocycles. The fraction of sp³-hybridized carbons (Fsp3) is 0.700. The fourth-order valence-electron chi connectivity index (χ4n) is 1.42. The molecule has 0 aliphatic rings. The summed E-state index contributed by atoms with van der Waals surface area (Å²) in [6.07, 6.45) is 3.22. The summed E-state index contributed by atoms with van der Waals surface area (Å²) >= 11 is 5.70. The van der Waals surface area contributed by atoms with Gasteiger partial charge in [0, 0.05) is 18.1 Å². The summed E-state index contributed by atoms with van der Waals surface area (Å²) in [5, 5.41) is 6.12. The van der Waals surface area contributed by atoms with Crippen LogP contribution >= 0.6 is 11.6 Å². The van der Waals surface area contributed by atoms with E-state index in [9.17, 15) is 8.42 Å². The van der Waals surface area contributed by atoms with Gasteiger partial charge in [-0.25, -0.2) is 13.1 Å². The number of aromatic amines is 1. The van der Waals surface area contributed by atoms with E-state index >= 15 is 0 Å². The van der Waals surface area contributed by atoms with Crippen LogP contribution in [0.4, 0.5) is 0 Å². The molecule has 0 radical (unpaired) electrons. The van der Waals surface area contributed by atoms with Gasteiger partial charge >= 0.3 is 0 Å². The number of nitrogens with zero attached hydrogens (tertiary/aromatic N) is 1. The van der Waals surface area contributed by atoms with Gasteiger partial charge in [-0.1, -0.05) is 20.8 Å². The minimum absolute atomic E-state index is 0.140. The number of hydrogen-bond donors (Lipinski definition) is 2. The number of sulfonamides is 1. The summed E-state index contributed by atoms with van der Waals surface area (Å²) in [6, 6.07) is -0.208. The molecule has 0 fully saturated rings. The molecule has 1 rings (SSSR count). The lowest BCUT2D eigenvalue weighted by Gasteiger charge is -2.30. The van der Waals surface area contributed by atoms with Crippen molar-refractivity contribution in [3.05, 3.63) is 12.4 Å². The number of rotatable bonds is 5. The van der Waals surface area contributed by atoms with Crippen LogP contribution < -0.4 is 4.72 Å². The van der Waals surface area contributed by atoms with Gasteiger partial charge in [-0.15, -0.1) is 11.6 Å². The van der Waals surface area contributed by atoms with E-state index in [0.717, 1.165) is 0 Å². The highest BCUT2D eigenvalue weighted by molar-refractivity contribution is 7.89. The molecule has 1 atom stereocenters. The lowest BCUT2D eigenvalue weighted by Crippen LogP contribution is -2.43. The molecule has 7 heteroatoms. The molecule has 98 valence electrons. The van der Waals surface area contributed by atoms with Crippen molar-refractivity contribution in [1.82, 2.24) is 14.9 Å². The molecular formula is C10H18ClN3O2S. The van der Waals surface area contributed by atoms with Crippen LogP contribution in [0.1, 0.15) is 27.2 Å².